The van der Waals surface area contributed by atoms with Crippen molar-refractivity contribution in [2.24, 2.45) is 24.1 Å². The first kappa shape index (κ1) is 14.9. The first-order valence-electron chi connectivity index (χ1n) is 7.70. The van der Waals surface area contributed by atoms with Crippen LogP contribution in [0.4, 0.5) is 0 Å². The molecule has 3 unspecified atom stereocenters. The van der Waals surface area contributed by atoms with Gasteiger partial charge >= 0.3 is 0 Å². The quantitative estimate of drug-likeness (QED) is 0.862. The van der Waals surface area contributed by atoms with Crippen LogP contribution < -0.4 is 5.73 Å². The van der Waals surface area contributed by atoms with Gasteiger partial charge < -0.3 is 10.3 Å². The van der Waals surface area contributed by atoms with E-state index in [1.54, 1.807) is 0 Å². The van der Waals surface area contributed by atoms with Crippen LogP contribution in [0.15, 0.2) is 18.2 Å². The number of hydrogen-bond donors (Lipinski definition) is 1. The molecule has 1 heterocycles. The van der Waals surface area contributed by atoms with Gasteiger partial charge in [0.2, 0.25) is 0 Å². The minimum absolute atomic E-state index is 0.149. The third-order valence-electron chi connectivity index (χ3n) is 5.69. The highest BCUT2D eigenvalue weighted by molar-refractivity contribution is 6.31. The maximum Gasteiger partial charge on any atom is 0.113 e. The SMILES string of the molecule is CC1C(N)CCC(c2nc3ccc(Cl)cc3n2C)C1(C)C. The lowest BCUT2D eigenvalue weighted by molar-refractivity contribution is 0.0936. The van der Waals surface area contributed by atoms with Crippen LogP contribution in [-0.2, 0) is 7.05 Å². The summed E-state index contributed by atoms with van der Waals surface area (Å²) < 4.78 is 2.21. The van der Waals surface area contributed by atoms with Crippen LogP contribution in [0.5, 0.6) is 0 Å². The van der Waals surface area contributed by atoms with E-state index in [1.807, 2.05) is 18.2 Å². The fraction of sp³-hybridized carbons (Fsp3) is 0.588. The zero-order valence-electron chi connectivity index (χ0n) is 13.2. The van der Waals surface area contributed by atoms with Crippen molar-refractivity contribution in [1.82, 2.24) is 9.55 Å². The summed E-state index contributed by atoms with van der Waals surface area (Å²) in [7, 11) is 2.09. The fourth-order valence-corrected chi connectivity index (χ4v) is 3.97. The minimum atomic E-state index is 0.149. The van der Waals surface area contributed by atoms with E-state index in [0.717, 1.165) is 34.7 Å². The molecular formula is C17H24ClN3. The summed E-state index contributed by atoms with van der Waals surface area (Å²) in [4.78, 5) is 4.90. The number of nitrogens with zero attached hydrogens (tertiary/aromatic N) is 2. The van der Waals surface area contributed by atoms with E-state index in [1.165, 1.54) is 0 Å². The van der Waals surface area contributed by atoms with Gasteiger partial charge in [-0.15, -0.1) is 0 Å². The second-order valence-corrected chi connectivity index (χ2v) is 7.50. The molecule has 1 fully saturated rings. The number of imidazole rings is 1. The van der Waals surface area contributed by atoms with Gasteiger partial charge in [0.05, 0.1) is 11.0 Å². The van der Waals surface area contributed by atoms with Crippen molar-refractivity contribution >= 4 is 22.6 Å². The van der Waals surface area contributed by atoms with Crippen LogP contribution in [0.25, 0.3) is 11.0 Å². The maximum absolute atomic E-state index is 6.28. The van der Waals surface area contributed by atoms with Crippen LogP contribution in [-0.4, -0.2) is 15.6 Å². The highest BCUT2D eigenvalue weighted by Crippen LogP contribution is 2.49. The summed E-state index contributed by atoms with van der Waals surface area (Å²) in [6, 6.07) is 6.20. The second-order valence-electron chi connectivity index (χ2n) is 7.07. The van der Waals surface area contributed by atoms with Crippen LogP contribution in [0.3, 0.4) is 0 Å². The number of benzene rings is 1. The molecular weight excluding hydrogens is 282 g/mol. The summed E-state index contributed by atoms with van der Waals surface area (Å²) in [6.07, 6.45) is 2.17. The zero-order valence-corrected chi connectivity index (χ0v) is 14.0. The molecule has 1 aliphatic rings. The Balaban J connectivity index is 2.10. The Morgan fingerprint density at radius 2 is 2.05 bits per heavy atom. The number of rotatable bonds is 1. The van der Waals surface area contributed by atoms with Gasteiger partial charge in [0.15, 0.2) is 0 Å². The fourth-order valence-electron chi connectivity index (χ4n) is 3.81. The Morgan fingerprint density at radius 1 is 1.33 bits per heavy atom. The molecule has 114 valence electrons. The predicted octanol–water partition coefficient (Wildman–Crippen LogP) is 4.09. The molecule has 0 amide bonds. The molecule has 21 heavy (non-hydrogen) atoms. The molecule has 0 bridgehead atoms. The largest absolute Gasteiger partial charge is 0.331 e. The molecule has 0 aliphatic heterocycles. The van der Waals surface area contributed by atoms with Crippen LogP contribution in [0.2, 0.25) is 5.02 Å². The minimum Gasteiger partial charge on any atom is -0.331 e. The molecule has 0 radical (unpaired) electrons. The predicted molar refractivity (Wildman–Crippen MR) is 88.6 cm³/mol. The number of halogens is 1. The Labute approximate surface area is 131 Å². The van der Waals surface area contributed by atoms with Gasteiger partial charge in [-0.3, -0.25) is 0 Å². The Morgan fingerprint density at radius 3 is 2.76 bits per heavy atom. The van der Waals surface area contributed by atoms with Gasteiger partial charge in [0.25, 0.3) is 0 Å². The first-order chi connectivity index (χ1) is 9.82. The molecule has 1 aliphatic carbocycles. The van der Waals surface area contributed by atoms with E-state index in [2.05, 4.69) is 32.4 Å². The highest BCUT2D eigenvalue weighted by atomic mass is 35.5. The van der Waals surface area contributed by atoms with E-state index < -0.39 is 0 Å². The Hall–Kier alpha value is -1.06. The molecule has 0 spiro atoms. The molecule has 2 N–H and O–H groups in total. The van der Waals surface area contributed by atoms with Gasteiger partial charge in [0.1, 0.15) is 5.82 Å². The molecule has 0 saturated heterocycles. The normalized spacial score (nSPS) is 29.0. The summed E-state index contributed by atoms with van der Waals surface area (Å²) >= 11 is 6.13. The van der Waals surface area contributed by atoms with Crippen molar-refractivity contribution < 1.29 is 0 Å². The van der Waals surface area contributed by atoms with Crippen molar-refractivity contribution in [3.05, 3.63) is 29.0 Å². The molecule has 3 nitrogen and oxygen atoms in total. The number of aryl methyl sites for hydroxylation is 1. The van der Waals surface area contributed by atoms with E-state index in [4.69, 9.17) is 22.3 Å². The summed E-state index contributed by atoms with van der Waals surface area (Å²) in [5.41, 5.74) is 8.56. The number of aromatic nitrogens is 2. The molecule has 1 aromatic heterocycles. The molecule has 1 saturated carbocycles. The van der Waals surface area contributed by atoms with Crippen molar-refractivity contribution in [1.29, 1.82) is 0 Å². The average molecular weight is 306 g/mol. The molecule has 1 aromatic carbocycles. The first-order valence-corrected chi connectivity index (χ1v) is 8.07. The molecule has 3 atom stereocenters. The van der Waals surface area contributed by atoms with E-state index in [0.29, 0.717) is 17.9 Å². The lowest BCUT2D eigenvalue weighted by Crippen LogP contribution is -2.46. The second kappa shape index (κ2) is 4.99. The smallest absolute Gasteiger partial charge is 0.113 e. The van der Waals surface area contributed by atoms with Crippen LogP contribution in [0.1, 0.15) is 45.4 Å². The average Bonchev–Trinajstić information content (AvgIpc) is 2.74. The van der Waals surface area contributed by atoms with Crippen molar-refractivity contribution in [2.75, 3.05) is 0 Å². The van der Waals surface area contributed by atoms with Crippen molar-refractivity contribution in [3.63, 3.8) is 0 Å². The van der Waals surface area contributed by atoms with Crippen molar-refractivity contribution in [2.45, 2.75) is 45.6 Å². The maximum atomic E-state index is 6.28. The summed E-state index contributed by atoms with van der Waals surface area (Å²) in [5, 5.41) is 0.760. The van der Waals surface area contributed by atoms with E-state index in [-0.39, 0.29) is 5.41 Å². The van der Waals surface area contributed by atoms with Crippen LogP contribution >= 0.6 is 11.6 Å². The van der Waals surface area contributed by atoms with Gasteiger partial charge in [-0.2, -0.15) is 0 Å². The molecule has 4 heteroatoms. The third-order valence-corrected chi connectivity index (χ3v) is 5.93. The Bertz CT molecular complexity index is 674. The summed E-state index contributed by atoms with van der Waals surface area (Å²) in [6.45, 7) is 6.93. The van der Waals surface area contributed by atoms with Crippen molar-refractivity contribution in [3.8, 4) is 0 Å². The number of hydrogen-bond acceptors (Lipinski definition) is 2. The van der Waals surface area contributed by atoms with Crippen LogP contribution in [0, 0.1) is 11.3 Å². The van der Waals surface area contributed by atoms with E-state index >= 15 is 0 Å². The van der Waals surface area contributed by atoms with Gasteiger partial charge in [-0.05, 0) is 42.4 Å². The topological polar surface area (TPSA) is 43.8 Å². The van der Waals surface area contributed by atoms with E-state index in [9.17, 15) is 0 Å². The highest BCUT2D eigenvalue weighted by Gasteiger charge is 2.44. The molecule has 2 aromatic rings. The monoisotopic (exact) mass is 305 g/mol. The lowest BCUT2D eigenvalue weighted by atomic mass is 9.61. The lowest BCUT2D eigenvalue weighted by Gasteiger charge is -2.46. The summed E-state index contributed by atoms with van der Waals surface area (Å²) in [5.74, 6) is 2.08. The van der Waals surface area contributed by atoms with Gasteiger partial charge in [-0.25, -0.2) is 4.98 Å². The van der Waals surface area contributed by atoms with Gasteiger partial charge in [-0.1, -0.05) is 32.4 Å². The number of nitrogens with two attached hydrogens (primary N) is 1. The third kappa shape index (κ3) is 2.27. The Kier molecular flexibility index (Phi) is 3.53. The standard InChI is InChI=1S/C17H24ClN3/c1-10-13(19)7-6-12(17(10,2)3)16-20-14-8-5-11(18)9-15(14)21(16)4/h5,8-10,12-13H,6-7,19H2,1-4H3. The number of fused-ring (bicyclic) bond motifs is 1. The zero-order chi connectivity index (χ0) is 15.4. The molecule has 3 rings (SSSR count). The van der Waals surface area contributed by atoms with Gasteiger partial charge in [0, 0.05) is 24.0 Å².